The molecule has 1 saturated carbocycles. The molecule has 10 heteroatoms. The molecule has 2 atom stereocenters. The number of aromatic nitrogens is 2. The summed E-state index contributed by atoms with van der Waals surface area (Å²) in [7, 11) is -2.03. The summed E-state index contributed by atoms with van der Waals surface area (Å²) in [6.07, 6.45) is 5.35. The van der Waals surface area contributed by atoms with Gasteiger partial charge in [-0.2, -0.15) is 0 Å². The van der Waals surface area contributed by atoms with Crippen molar-refractivity contribution in [2.45, 2.75) is 31.8 Å². The Hall–Kier alpha value is -2.30. The lowest BCUT2D eigenvalue weighted by Gasteiger charge is -2.25. The molecule has 0 unspecified atom stereocenters. The van der Waals surface area contributed by atoms with E-state index in [0.717, 1.165) is 12.5 Å². The summed E-state index contributed by atoms with van der Waals surface area (Å²) >= 11 is 0. The molecule has 0 radical (unpaired) electrons. The molecule has 1 fully saturated rings. The number of halogens is 1. The molecule has 1 aromatic heterocycles. The molecule has 28 heavy (non-hydrogen) atoms. The summed E-state index contributed by atoms with van der Waals surface area (Å²) in [5, 5.41) is 9.66. The number of imidazole rings is 1. The molecule has 3 N–H and O–H groups in total. The molecular formula is C18H23FN4O4S. The summed E-state index contributed by atoms with van der Waals surface area (Å²) in [6, 6.07) is 3.95. The highest BCUT2D eigenvalue weighted by atomic mass is 32.2. The van der Waals surface area contributed by atoms with Crippen LogP contribution >= 0.6 is 0 Å². The molecule has 1 aliphatic carbocycles. The second-order valence-electron chi connectivity index (χ2n) is 7.14. The molecule has 0 spiro atoms. The van der Waals surface area contributed by atoms with Gasteiger partial charge in [0.25, 0.3) is 5.91 Å². The summed E-state index contributed by atoms with van der Waals surface area (Å²) in [5.74, 6) is -2.06. The lowest BCUT2D eigenvalue weighted by Crippen LogP contribution is -2.44. The van der Waals surface area contributed by atoms with Gasteiger partial charge in [-0.15, -0.1) is 4.83 Å². The van der Waals surface area contributed by atoms with E-state index >= 15 is 0 Å². The minimum absolute atomic E-state index is 0.178. The van der Waals surface area contributed by atoms with E-state index in [1.165, 1.54) is 12.1 Å². The standard InChI is InChI=1S/C18H23FN4O4S/c1-23-9-17(20-11-23)13-5-6-16(19)15(8-13)18(25)21-22-28(26,27)10-12-3-2-4-14(24)7-12/h5-6,8-9,11-12,14,22,24H,2-4,7,10H2,1H3,(H,21,25)/t12-,14-/m0/s1. The van der Waals surface area contributed by atoms with Crippen LogP contribution in [0.15, 0.2) is 30.7 Å². The van der Waals surface area contributed by atoms with Crippen molar-refractivity contribution >= 4 is 15.9 Å². The minimum atomic E-state index is -3.81. The average Bonchev–Trinajstić information content (AvgIpc) is 3.06. The van der Waals surface area contributed by atoms with Crippen molar-refractivity contribution in [3.8, 4) is 11.3 Å². The number of sulfonamides is 1. The first-order valence-electron chi connectivity index (χ1n) is 8.99. The molecule has 0 aliphatic heterocycles. The predicted octanol–water partition coefficient (Wildman–Crippen LogP) is 1.34. The van der Waals surface area contributed by atoms with Gasteiger partial charge in [-0.3, -0.25) is 10.2 Å². The third-order valence-electron chi connectivity index (χ3n) is 4.74. The van der Waals surface area contributed by atoms with Gasteiger partial charge in [0, 0.05) is 18.8 Å². The Morgan fingerprint density at radius 1 is 1.39 bits per heavy atom. The highest BCUT2D eigenvalue weighted by Gasteiger charge is 2.26. The van der Waals surface area contributed by atoms with Crippen LogP contribution in [0.2, 0.25) is 0 Å². The van der Waals surface area contributed by atoms with Crippen LogP contribution in [0, 0.1) is 11.7 Å². The molecule has 3 rings (SSSR count). The number of carbonyl (C=O) groups is 1. The maximum Gasteiger partial charge on any atom is 0.269 e. The lowest BCUT2D eigenvalue weighted by molar-refractivity contribution is 0.0939. The van der Waals surface area contributed by atoms with Crippen LogP contribution in [0.5, 0.6) is 0 Å². The van der Waals surface area contributed by atoms with Gasteiger partial charge < -0.3 is 9.67 Å². The number of benzene rings is 1. The number of hydrogen-bond donors (Lipinski definition) is 3. The van der Waals surface area contributed by atoms with E-state index in [1.807, 2.05) is 4.83 Å². The number of hydrogen-bond acceptors (Lipinski definition) is 5. The van der Waals surface area contributed by atoms with Crippen LogP contribution in [0.25, 0.3) is 11.3 Å². The fraction of sp³-hybridized carbons (Fsp3) is 0.444. The predicted molar refractivity (Wildman–Crippen MR) is 101 cm³/mol. The van der Waals surface area contributed by atoms with Crippen molar-refractivity contribution < 1.29 is 22.7 Å². The average molecular weight is 410 g/mol. The first-order valence-corrected chi connectivity index (χ1v) is 10.6. The van der Waals surface area contributed by atoms with E-state index in [0.29, 0.717) is 30.5 Å². The van der Waals surface area contributed by atoms with Crippen LogP contribution in [0.3, 0.4) is 0 Å². The van der Waals surface area contributed by atoms with Crippen LogP contribution < -0.4 is 10.3 Å². The molecule has 1 heterocycles. The van der Waals surface area contributed by atoms with Crippen LogP contribution in [-0.4, -0.2) is 40.8 Å². The molecular weight excluding hydrogens is 387 g/mol. The van der Waals surface area contributed by atoms with Gasteiger partial charge in [-0.05, 0) is 43.4 Å². The Morgan fingerprint density at radius 3 is 2.86 bits per heavy atom. The largest absolute Gasteiger partial charge is 0.393 e. The number of hydrazine groups is 1. The van der Waals surface area contributed by atoms with Gasteiger partial charge in [0.15, 0.2) is 0 Å². The number of aliphatic hydroxyl groups excluding tert-OH is 1. The number of amides is 1. The van der Waals surface area contributed by atoms with Crippen molar-refractivity contribution in [1.82, 2.24) is 19.8 Å². The van der Waals surface area contributed by atoms with Crippen molar-refractivity contribution in [2.24, 2.45) is 13.0 Å². The molecule has 1 amide bonds. The van der Waals surface area contributed by atoms with E-state index in [2.05, 4.69) is 10.4 Å². The van der Waals surface area contributed by atoms with E-state index in [1.54, 1.807) is 24.1 Å². The maximum absolute atomic E-state index is 14.1. The van der Waals surface area contributed by atoms with Crippen molar-refractivity contribution in [1.29, 1.82) is 0 Å². The van der Waals surface area contributed by atoms with Crippen molar-refractivity contribution in [3.63, 3.8) is 0 Å². The molecule has 1 aliphatic rings. The number of nitrogens with one attached hydrogen (secondary N) is 2. The number of carbonyl (C=O) groups excluding carboxylic acids is 1. The Morgan fingerprint density at radius 2 is 2.18 bits per heavy atom. The summed E-state index contributed by atoms with van der Waals surface area (Å²) in [5.41, 5.74) is 2.86. The Labute approximate surface area is 162 Å². The Balaban J connectivity index is 1.65. The van der Waals surface area contributed by atoms with Gasteiger partial charge in [0.2, 0.25) is 10.0 Å². The summed E-state index contributed by atoms with van der Waals surface area (Å²) in [6.45, 7) is 0. The fourth-order valence-corrected chi connectivity index (χ4v) is 4.63. The number of aryl methyl sites for hydroxylation is 1. The number of rotatable bonds is 6. The minimum Gasteiger partial charge on any atom is -0.393 e. The maximum atomic E-state index is 14.1. The molecule has 2 aromatic rings. The van der Waals surface area contributed by atoms with E-state index < -0.39 is 27.9 Å². The topological polar surface area (TPSA) is 113 Å². The monoisotopic (exact) mass is 410 g/mol. The van der Waals surface area contributed by atoms with Crippen LogP contribution in [0.4, 0.5) is 4.39 Å². The van der Waals surface area contributed by atoms with E-state index in [4.69, 9.17) is 0 Å². The summed E-state index contributed by atoms with van der Waals surface area (Å²) in [4.78, 5) is 18.5. The van der Waals surface area contributed by atoms with Crippen molar-refractivity contribution in [3.05, 3.63) is 42.1 Å². The normalized spacial score (nSPS) is 20.1. The van der Waals surface area contributed by atoms with Crippen molar-refractivity contribution in [2.75, 3.05) is 5.75 Å². The summed E-state index contributed by atoms with van der Waals surface area (Å²) < 4.78 is 40.2. The van der Waals surface area contributed by atoms with Gasteiger partial charge in [-0.1, -0.05) is 6.42 Å². The van der Waals surface area contributed by atoms with E-state index in [-0.39, 0.29) is 17.2 Å². The molecule has 0 saturated heterocycles. The number of nitrogens with zero attached hydrogens (tertiary/aromatic N) is 2. The molecule has 8 nitrogen and oxygen atoms in total. The number of aliphatic hydroxyl groups is 1. The fourth-order valence-electron chi connectivity index (χ4n) is 3.38. The molecule has 0 bridgehead atoms. The quantitative estimate of drug-likeness (QED) is 0.622. The van der Waals surface area contributed by atoms with Gasteiger partial charge in [0.05, 0.1) is 29.4 Å². The highest BCUT2D eigenvalue weighted by Crippen LogP contribution is 2.25. The van der Waals surface area contributed by atoms with Gasteiger partial charge in [0.1, 0.15) is 5.82 Å². The third kappa shape index (κ3) is 5.15. The molecule has 152 valence electrons. The Kier molecular flexibility index (Phi) is 6.11. The zero-order valence-corrected chi connectivity index (χ0v) is 16.2. The smallest absolute Gasteiger partial charge is 0.269 e. The zero-order valence-electron chi connectivity index (χ0n) is 15.4. The van der Waals surface area contributed by atoms with Gasteiger partial charge >= 0.3 is 0 Å². The van der Waals surface area contributed by atoms with Crippen LogP contribution in [0.1, 0.15) is 36.0 Å². The lowest BCUT2D eigenvalue weighted by atomic mass is 9.89. The second kappa shape index (κ2) is 8.38. The third-order valence-corrected chi connectivity index (χ3v) is 6.07. The van der Waals surface area contributed by atoms with E-state index in [9.17, 15) is 22.7 Å². The molecule has 1 aromatic carbocycles. The second-order valence-corrected chi connectivity index (χ2v) is 8.91. The first kappa shape index (κ1) is 20.4. The highest BCUT2D eigenvalue weighted by molar-refractivity contribution is 7.89. The first-order chi connectivity index (χ1) is 13.2. The SMILES string of the molecule is Cn1cnc(-c2ccc(F)c(C(=O)NNS(=O)(=O)C[C@H]3CCC[C@H](O)C3)c2)c1. The zero-order chi connectivity index (χ0) is 20.3. The van der Waals surface area contributed by atoms with Crippen LogP contribution in [-0.2, 0) is 17.1 Å². The Bertz CT molecular complexity index is 960. The van der Waals surface area contributed by atoms with Gasteiger partial charge in [-0.25, -0.2) is 17.8 Å².